The summed E-state index contributed by atoms with van der Waals surface area (Å²) in [5.74, 6) is 0.347. The number of esters is 1. The third-order valence-corrected chi connectivity index (χ3v) is 3.53. The molecule has 3 rings (SSSR count). The Morgan fingerprint density at radius 1 is 1.04 bits per heavy atom. The maximum Gasteiger partial charge on any atom is 0.352 e. The summed E-state index contributed by atoms with van der Waals surface area (Å²) in [7, 11) is 0. The van der Waals surface area contributed by atoms with Crippen LogP contribution in [0.15, 0.2) is 63.8 Å². The van der Waals surface area contributed by atoms with Crippen molar-refractivity contribution in [2.24, 2.45) is 0 Å². The molecule has 0 saturated heterocycles. The van der Waals surface area contributed by atoms with Gasteiger partial charge in [0, 0.05) is 17.5 Å². The van der Waals surface area contributed by atoms with Gasteiger partial charge in [-0.3, -0.25) is 0 Å². The predicted molar refractivity (Wildman–Crippen MR) is 89.4 cm³/mol. The molecular weight excluding hydrogens is 308 g/mol. The second kappa shape index (κ2) is 6.58. The van der Waals surface area contributed by atoms with Crippen LogP contribution in [-0.2, 0) is 4.79 Å². The fourth-order valence-electron chi connectivity index (χ4n) is 2.32. The van der Waals surface area contributed by atoms with E-state index >= 15 is 0 Å². The van der Waals surface area contributed by atoms with Crippen LogP contribution in [0.5, 0.6) is 11.5 Å². The fourth-order valence-corrected chi connectivity index (χ4v) is 2.32. The summed E-state index contributed by atoms with van der Waals surface area (Å²) in [5, 5.41) is 0.794. The van der Waals surface area contributed by atoms with Gasteiger partial charge >= 0.3 is 11.6 Å². The number of carbonyl (C=O) groups excluding carboxylic acids is 1. The Balaban J connectivity index is 1.76. The molecular formula is C19H16O5. The molecule has 24 heavy (non-hydrogen) atoms. The highest BCUT2D eigenvalue weighted by molar-refractivity contribution is 5.83. The lowest BCUT2D eigenvalue weighted by Gasteiger charge is -2.14. The third-order valence-electron chi connectivity index (χ3n) is 3.53. The summed E-state index contributed by atoms with van der Waals surface area (Å²) in [4.78, 5) is 23.6. The van der Waals surface area contributed by atoms with E-state index in [0.717, 1.165) is 10.9 Å². The number of para-hydroxylation sites is 1. The van der Waals surface area contributed by atoms with Crippen LogP contribution >= 0.6 is 0 Å². The average molecular weight is 324 g/mol. The lowest BCUT2D eigenvalue weighted by molar-refractivity contribution is -0.141. The molecule has 2 aromatic carbocycles. The van der Waals surface area contributed by atoms with Crippen LogP contribution in [0.3, 0.4) is 0 Å². The lowest BCUT2D eigenvalue weighted by Crippen LogP contribution is -2.28. The van der Waals surface area contributed by atoms with Crippen LogP contribution < -0.4 is 15.1 Å². The maximum atomic E-state index is 12.1. The molecule has 0 N–H and O–H groups in total. The summed E-state index contributed by atoms with van der Waals surface area (Å²) in [5.41, 5.74) is 0.742. The van der Waals surface area contributed by atoms with Gasteiger partial charge in [-0.25, -0.2) is 9.59 Å². The number of ether oxygens (including phenoxy) is 2. The van der Waals surface area contributed by atoms with Gasteiger partial charge in [0.2, 0.25) is 0 Å². The van der Waals surface area contributed by atoms with Gasteiger partial charge in [-0.15, -0.1) is 0 Å². The zero-order chi connectivity index (χ0) is 17.1. The summed E-state index contributed by atoms with van der Waals surface area (Å²) in [6.45, 7) is 3.43. The Morgan fingerprint density at radius 3 is 2.54 bits per heavy atom. The van der Waals surface area contributed by atoms with E-state index in [1.807, 2.05) is 25.1 Å². The molecule has 0 fully saturated rings. The topological polar surface area (TPSA) is 65.7 Å². The molecule has 0 bridgehead atoms. The Bertz CT molecular complexity index is 927. The van der Waals surface area contributed by atoms with Crippen molar-refractivity contribution in [2.75, 3.05) is 0 Å². The molecule has 0 aliphatic heterocycles. The number of hydrogen-bond donors (Lipinski definition) is 0. The zero-order valence-electron chi connectivity index (χ0n) is 13.3. The molecule has 0 radical (unpaired) electrons. The molecule has 122 valence electrons. The van der Waals surface area contributed by atoms with E-state index in [4.69, 9.17) is 13.9 Å². The van der Waals surface area contributed by atoms with E-state index in [2.05, 4.69) is 0 Å². The van der Waals surface area contributed by atoms with Crippen molar-refractivity contribution in [1.82, 2.24) is 0 Å². The van der Waals surface area contributed by atoms with Crippen molar-refractivity contribution in [2.45, 2.75) is 20.0 Å². The monoisotopic (exact) mass is 324 g/mol. The summed E-state index contributed by atoms with van der Waals surface area (Å²) in [6, 6.07) is 15.4. The Hall–Kier alpha value is -3.08. The van der Waals surface area contributed by atoms with E-state index in [1.54, 1.807) is 31.2 Å². The number of carbonyl (C=O) groups is 1. The Kier molecular flexibility index (Phi) is 4.33. The number of rotatable bonds is 4. The van der Waals surface area contributed by atoms with Gasteiger partial charge in [0.25, 0.3) is 0 Å². The van der Waals surface area contributed by atoms with Crippen LogP contribution in [0.2, 0.25) is 0 Å². The molecule has 5 nitrogen and oxygen atoms in total. The SMILES string of the molecule is Cc1cc(=O)oc2cc(OC(=O)[C@H](C)Oc3ccccc3)ccc12. The number of aryl methyl sites for hydroxylation is 1. The minimum atomic E-state index is -0.771. The second-order valence-corrected chi connectivity index (χ2v) is 5.40. The summed E-state index contributed by atoms with van der Waals surface area (Å²) in [6.07, 6.45) is -0.771. The third kappa shape index (κ3) is 3.46. The second-order valence-electron chi connectivity index (χ2n) is 5.40. The quantitative estimate of drug-likeness (QED) is 0.418. The molecule has 0 spiro atoms. The van der Waals surface area contributed by atoms with Crippen LogP contribution in [0.25, 0.3) is 11.0 Å². The zero-order valence-corrected chi connectivity index (χ0v) is 13.3. The lowest BCUT2D eigenvalue weighted by atomic mass is 10.1. The number of hydrogen-bond acceptors (Lipinski definition) is 5. The molecule has 3 aromatic rings. The number of fused-ring (bicyclic) bond motifs is 1. The van der Waals surface area contributed by atoms with Crippen molar-refractivity contribution in [3.63, 3.8) is 0 Å². The van der Waals surface area contributed by atoms with Crippen molar-refractivity contribution >= 4 is 16.9 Å². The van der Waals surface area contributed by atoms with Crippen molar-refractivity contribution in [3.05, 3.63) is 70.6 Å². The van der Waals surface area contributed by atoms with E-state index in [9.17, 15) is 9.59 Å². The highest BCUT2D eigenvalue weighted by Crippen LogP contribution is 2.23. The Morgan fingerprint density at radius 2 is 1.79 bits per heavy atom. The first-order valence-corrected chi connectivity index (χ1v) is 7.51. The first-order valence-electron chi connectivity index (χ1n) is 7.51. The molecule has 0 unspecified atom stereocenters. The Labute approximate surface area is 138 Å². The van der Waals surface area contributed by atoms with Gasteiger partial charge in [0.15, 0.2) is 6.10 Å². The highest BCUT2D eigenvalue weighted by atomic mass is 16.6. The molecule has 1 heterocycles. The van der Waals surface area contributed by atoms with E-state index in [-0.39, 0.29) is 0 Å². The molecule has 0 saturated carbocycles. The number of benzene rings is 2. The minimum Gasteiger partial charge on any atom is -0.479 e. The fraction of sp³-hybridized carbons (Fsp3) is 0.158. The smallest absolute Gasteiger partial charge is 0.352 e. The van der Waals surface area contributed by atoms with Gasteiger partial charge in [0.05, 0.1) is 0 Å². The van der Waals surface area contributed by atoms with Crippen molar-refractivity contribution in [1.29, 1.82) is 0 Å². The predicted octanol–water partition coefficient (Wildman–Crippen LogP) is 3.47. The van der Waals surface area contributed by atoms with Crippen LogP contribution in [-0.4, -0.2) is 12.1 Å². The van der Waals surface area contributed by atoms with Crippen LogP contribution in [0.1, 0.15) is 12.5 Å². The molecule has 0 amide bonds. The highest BCUT2D eigenvalue weighted by Gasteiger charge is 2.17. The van der Waals surface area contributed by atoms with Gasteiger partial charge < -0.3 is 13.9 Å². The summed E-state index contributed by atoms with van der Waals surface area (Å²) >= 11 is 0. The van der Waals surface area contributed by atoms with Gasteiger partial charge in [-0.1, -0.05) is 18.2 Å². The van der Waals surface area contributed by atoms with E-state index in [1.165, 1.54) is 12.1 Å². The molecule has 1 atom stereocenters. The standard InChI is InChI=1S/C19H16O5/c1-12-10-18(20)24-17-11-15(8-9-16(12)17)23-19(21)13(2)22-14-6-4-3-5-7-14/h3-11,13H,1-2H3/t13-/m0/s1. The molecule has 0 aliphatic carbocycles. The van der Waals surface area contributed by atoms with Crippen molar-refractivity contribution < 1.29 is 18.7 Å². The van der Waals surface area contributed by atoms with Crippen molar-refractivity contribution in [3.8, 4) is 11.5 Å². The van der Waals surface area contributed by atoms with E-state index < -0.39 is 17.7 Å². The largest absolute Gasteiger partial charge is 0.479 e. The first-order chi connectivity index (χ1) is 11.5. The minimum absolute atomic E-state index is 0.296. The maximum absolute atomic E-state index is 12.1. The van der Waals surface area contributed by atoms with E-state index in [0.29, 0.717) is 17.1 Å². The first kappa shape index (κ1) is 15.8. The summed E-state index contributed by atoms with van der Waals surface area (Å²) < 4.78 is 16.0. The normalized spacial score (nSPS) is 11.9. The average Bonchev–Trinajstić information content (AvgIpc) is 2.55. The molecule has 1 aromatic heterocycles. The van der Waals surface area contributed by atoms with Crippen LogP contribution in [0, 0.1) is 6.92 Å². The van der Waals surface area contributed by atoms with Gasteiger partial charge in [-0.2, -0.15) is 0 Å². The van der Waals surface area contributed by atoms with Crippen LogP contribution in [0.4, 0.5) is 0 Å². The molecule has 0 aliphatic rings. The molecule has 5 heteroatoms. The van der Waals surface area contributed by atoms with Gasteiger partial charge in [0.1, 0.15) is 17.1 Å². The van der Waals surface area contributed by atoms with Gasteiger partial charge in [-0.05, 0) is 43.7 Å².